The van der Waals surface area contributed by atoms with Gasteiger partial charge in [-0.15, -0.1) is 0 Å². The molecule has 0 fully saturated rings. The molecule has 0 rings (SSSR count). The SMILES string of the molecule is CCC/C=C\CCCCCCCCOCC(COP(=O)(O)OCC(N)C(=O)O)OC(=O)CCCCCCCCCCCCCCCCCCCCCCCC. The number of allylic oxidation sites excluding steroid dienone is 2. The van der Waals surface area contributed by atoms with E-state index >= 15 is 0 Å². The Hall–Kier alpha value is -1.29. The Morgan fingerprint density at radius 2 is 0.982 bits per heavy atom. The van der Waals surface area contributed by atoms with Crippen molar-refractivity contribution in [2.24, 2.45) is 5.73 Å². The first-order valence-corrected chi connectivity index (χ1v) is 24.2. The zero-order valence-corrected chi connectivity index (χ0v) is 36.4. The molecule has 0 aliphatic heterocycles. The van der Waals surface area contributed by atoms with Gasteiger partial charge in [0, 0.05) is 13.0 Å². The lowest BCUT2D eigenvalue weighted by molar-refractivity contribution is -0.154. The van der Waals surface area contributed by atoms with E-state index in [2.05, 4.69) is 26.0 Å². The van der Waals surface area contributed by atoms with E-state index < -0.39 is 45.1 Å². The van der Waals surface area contributed by atoms with Crippen molar-refractivity contribution >= 4 is 19.8 Å². The summed E-state index contributed by atoms with van der Waals surface area (Å²) in [7, 11) is -4.61. The highest BCUT2D eigenvalue weighted by atomic mass is 31.2. The Bertz CT molecular complexity index is 935. The van der Waals surface area contributed by atoms with Gasteiger partial charge in [0.15, 0.2) is 0 Å². The van der Waals surface area contributed by atoms with Crippen LogP contribution in [0.15, 0.2) is 12.2 Å². The van der Waals surface area contributed by atoms with Gasteiger partial charge in [-0.3, -0.25) is 18.6 Å². The highest BCUT2D eigenvalue weighted by molar-refractivity contribution is 7.47. The fourth-order valence-electron chi connectivity index (χ4n) is 6.49. The number of unbranched alkanes of at least 4 members (excludes halogenated alkanes) is 28. The first kappa shape index (κ1) is 53.7. The van der Waals surface area contributed by atoms with Crippen molar-refractivity contribution in [2.75, 3.05) is 26.4 Å². The summed E-state index contributed by atoms with van der Waals surface area (Å²) in [5, 5.41) is 8.89. The molecule has 3 atom stereocenters. The Morgan fingerprint density at radius 1 is 0.564 bits per heavy atom. The zero-order valence-electron chi connectivity index (χ0n) is 35.5. The number of hydrogen-bond donors (Lipinski definition) is 3. The second-order valence-corrected chi connectivity index (χ2v) is 17.0. The molecule has 0 heterocycles. The predicted molar refractivity (Wildman–Crippen MR) is 226 cm³/mol. The molecule has 0 amide bonds. The van der Waals surface area contributed by atoms with E-state index in [9.17, 15) is 19.0 Å². The highest BCUT2D eigenvalue weighted by Crippen LogP contribution is 2.43. The topological polar surface area (TPSA) is 155 Å². The Kier molecular flexibility index (Phi) is 39.9. The minimum atomic E-state index is -4.61. The number of ether oxygens (including phenoxy) is 2. The van der Waals surface area contributed by atoms with Gasteiger partial charge in [0.05, 0.1) is 19.8 Å². The van der Waals surface area contributed by atoms with Crippen LogP contribution in [0.3, 0.4) is 0 Å². The molecule has 0 aromatic heterocycles. The van der Waals surface area contributed by atoms with Gasteiger partial charge in [-0.05, 0) is 32.1 Å². The molecule has 0 aromatic carbocycles. The van der Waals surface area contributed by atoms with Crippen molar-refractivity contribution in [2.45, 2.75) is 231 Å². The summed E-state index contributed by atoms with van der Waals surface area (Å²) < 4.78 is 33.3. The highest BCUT2D eigenvalue weighted by Gasteiger charge is 2.27. The van der Waals surface area contributed by atoms with Gasteiger partial charge >= 0.3 is 19.8 Å². The minimum absolute atomic E-state index is 0.0177. The molecular formula is C44H86NO9P. The third kappa shape index (κ3) is 40.7. The molecule has 0 radical (unpaired) electrons. The van der Waals surface area contributed by atoms with Crippen LogP contribution in [0, 0.1) is 0 Å². The Labute approximate surface area is 337 Å². The third-order valence-corrected chi connectivity index (χ3v) is 11.0. The average Bonchev–Trinajstić information content (AvgIpc) is 3.16. The number of aliphatic carboxylic acids is 1. The lowest BCUT2D eigenvalue weighted by Crippen LogP contribution is -2.34. The quantitative estimate of drug-likeness (QED) is 0.0235. The molecule has 10 nitrogen and oxygen atoms in total. The fraction of sp³-hybridized carbons (Fsp3) is 0.909. The van der Waals surface area contributed by atoms with Crippen molar-refractivity contribution in [3.05, 3.63) is 12.2 Å². The van der Waals surface area contributed by atoms with Crippen LogP contribution in [0.1, 0.15) is 219 Å². The van der Waals surface area contributed by atoms with E-state index in [1.54, 1.807) is 0 Å². The molecule has 3 unspecified atom stereocenters. The van der Waals surface area contributed by atoms with Gasteiger partial charge in [-0.2, -0.15) is 0 Å². The van der Waals surface area contributed by atoms with Gasteiger partial charge in [-0.25, -0.2) is 4.57 Å². The first-order chi connectivity index (χ1) is 26.7. The number of esters is 1. The van der Waals surface area contributed by atoms with Crippen LogP contribution in [0.4, 0.5) is 0 Å². The summed E-state index contributed by atoms with van der Waals surface area (Å²) in [6.07, 6.45) is 42.7. The summed E-state index contributed by atoms with van der Waals surface area (Å²) in [5.74, 6) is -1.77. The van der Waals surface area contributed by atoms with Crippen LogP contribution in [-0.2, 0) is 32.7 Å². The zero-order chi connectivity index (χ0) is 40.5. The second-order valence-electron chi connectivity index (χ2n) is 15.5. The molecule has 4 N–H and O–H groups in total. The molecular weight excluding hydrogens is 717 g/mol. The third-order valence-electron chi connectivity index (χ3n) is 10.0. The molecule has 0 aromatic rings. The Morgan fingerprint density at radius 3 is 1.45 bits per heavy atom. The van der Waals surface area contributed by atoms with E-state index in [0.717, 1.165) is 51.4 Å². The van der Waals surface area contributed by atoms with Gasteiger partial charge in [0.2, 0.25) is 0 Å². The smallest absolute Gasteiger partial charge is 0.472 e. The number of carboxylic acid groups (broad SMARTS) is 1. The molecule has 0 saturated carbocycles. The van der Waals surface area contributed by atoms with Crippen molar-refractivity contribution < 1.29 is 42.7 Å². The summed E-state index contributed by atoms with van der Waals surface area (Å²) in [6, 6.07) is -1.47. The lowest BCUT2D eigenvalue weighted by Gasteiger charge is -2.20. The monoisotopic (exact) mass is 804 g/mol. The van der Waals surface area contributed by atoms with E-state index in [0.29, 0.717) is 6.61 Å². The normalized spacial score (nSPS) is 14.0. The number of rotatable bonds is 44. The van der Waals surface area contributed by atoms with Crippen molar-refractivity contribution in [1.29, 1.82) is 0 Å². The first-order valence-electron chi connectivity index (χ1n) is 22.7. The maximum absolute atomic E-state index is 12.6. The van der Waals surface area contributed by atoms with Crippen LogP contribution in [-0.4, -0.2) is 60.5 Å². The maximum Gasteiger partial charge on any atom is 0.472 e. The largest absolute Gasteiger partial charge is 0.480 e. The molecule has 11 heteroatoms. The molecule has 0 bridgehead atoms. The van der Waals surface area contributed by atoms with E-state index in [4.69, 9.17) is 29.4 Å². The molecule has 0 saturated heterocycles. The van der Waals surface area contributed by atoms with Crippen molar-refractivity contribution in [3.8, 4) is 0 Å². The van der Waals surface area contributed by atoms with Gasteiger partial charge in [0.1, 0.15) is 12.1 Å². The summed E-state index contributed by atoms with van der Waals surface area (Å²) in [4.78, 5) is 33.5. The van der Waals surface area contributed by atoms with Crippen LogP contribution < -0.4 is 5.73 Å². The van der Waals surface area contributed by atoms with Crippen LogP contribution in [0.5, 0.6) is 0 Å². The number of phosphoric ester groups is 1. The molecule has 326 valence electrons. The summed E-state index contributed by atoms with van der Waals surface area (Å²) in [6.45, 7) is 3.84. The van der Waals surface area contributed by atoms with Crippen molar-refractivity contribution in [1.82, 2.24) is 0 Å². The average molecular weight is 804 g/mol. The second kappa shape index (κ2) is 40.9. The predicted octanol–water partition coefficient (Wildman–Crippen LogP) is 12.5. The standard InChI is InChI=1S/C44H86NO9P/c1-3-5-7-9-11-13-15-16-17-18-19-20-21-22-23-24-25-26-28-30-32-34-36-43(46)54-41(39-52-55(49,50)53-40-42(45)44(47)48)38-51-37-35-33-31-29-27-14-12-10-8-6-4-2/h8,10,41-42H,3-7,9,11-40,45H2,1-2H3,(H,47,48)(H,49,50)/b10-8-. The summed E-state index contributed by atoms with van der Waals surface area (Å²) >= 11 is 0. The Balaban J connectivity index is 4.08. The lowest BCUT2D eigenvalue weighted by atomic mass is 10.0. The number of carbonyl (C=O) groups excluding carboxylic acids is 1. The number of nitrogens with two attached hydrogens (primary N) is 1. The van der Waals surface area contributed by atoms with Crippen molar-refractivity contribution in [3.63, 3.8) is 0 Å². The van der Waals surface area contributed by atoms with Gasteiger partial charge in [-0.1, -0.05) is 193 Å². The van der Waals surface area contributed by atoms with Gasteiger partial charge in [0.25, 0.3) is 0 Å². The number of phosphoric acid groups is 1. The molecule has 0 aliphatic carbocycles. The molecule has 55 heavy (non-hydrogen) atoms. The molecule has 0 spiro atoms. The van der Waals surface area contributed by atoms with Gasteiger partial charge < -0.3 is 25.2 Å². The number of carboxylic acids is 1. The van der Waals surface area contributed by atoms with E-state index in [1.165, 1.54) is 148 Å². The summed E-state index contributed by atoms with van der Waals surface area (Å²) in [5.41, 5.74) is 5.35. The minimum Gasteiger partial charge on any atom is -0.480 e. The van der Waals surface area contributed by atoms with Crippen LogP contribution in [0.2, 0.25) is 0 Å². The number of hydrogen-bond acceptors (Lipinski definition) is 8. The van der Waals surface area contributed by atoms with E-state index in [-0.39, 0.29) is 13.0 Å². The van der Waals surface area contributed by atoms with E-state index in [1.807, 2.05) is 0 Å². The molecule has 0 aliphatic rings. The van der Waals surface area contributed by atoms with Crippen LogP contribution >= 0.6 is 7.82 Å². The fourth-order valence-corrected chi connectivity index (χ4v) is 7.27. The number of carbonyl (C=O) groups is 2. The van der Waals surface area contributed by atoms with Crippen LogP contribution in [0.25, 0.3) is 0 Å². The maximum atomic E-state index is 12.6.